The van der Waals surface area contributed by atoms with E-state index < -0.39 is 12.2 Å². The summed E-state index contributed by atoms with van der Waals surface area (Å²) in [5, 5.41) is 9.02. The molecule has 12 heteroatoms. The lowest BCUT2D eigenvalue weighted by molar-refractivity contribution is -0.0528. The largest absolute Gasteiger partial charge is 0.473 e. The first-order chi connectivity index (χ1) is 15.1. The quantitative estimate of drug-likeness (QED) is 0.671. The third-order valence-corrected chi connectivity index (χ3v) is 4.62. The van der Waals surface area contributed by atoms with Crippen molar-refractivity contribution in [2.75, 3.05) is 11.9 Å². The molecular formula is C20H28F2N6O4. The summed E-state index contributed by atoms with van der Waals surface area (Å²) in [5.74, 6) is 0.695. The van der Waals surface area contributed by atoms with Gasteiger partial charge in [-0.3, -0.25) is 4.98 Å². The van der Waals surface area contributed by atoms with E-state index in [1.165, 1.54) is 18.5 Å². The van der Waals surface area contributed by atoms with Crippen LogP contribution in [0.5, 0.6) is 11.8 Å². The molecular weight excluding hydrogens is 426 g/mol. The molecule has 0 unspecified atom stereocenters. The van der Waals surface area contributed by atoms with Gasteiger partial charge in [0.1, 0.15) is 11.7 Å². The van der Waals surface area contributed by atoms with E-state index in [1.54, 1.807) is 4.90 Å². The van der Waals surface area contributed by atoms with Gasteiger partial charge in [0.25, 0.3) is 0 Å². The average Bonchev–Trinajstić information content (AvgIpc) is 3.00. The lowest BCUT2D eigenvalue weighted by Crippen LogP contribution is -2.42. The first-order valence-electron chi connectivity index (χ1n) is 10.3. The number of H-pyrrole nitrogens is 1. The van der Waals surface area contributed by atoms with Crippen LogP contribution in [0.1, 0.15) is 47.0 Å². The molecule has 0 bridgehead atoms. The smallest absolute Gasteiger partial charge is 0.410 e. The van der Waals surface area contributed by atoms with Crippen molar-refractivity contribution in [2.45, 2.75) is 71.3 Å². The van der Waals surface area contributed by atoms with Crippen LogP contribution in [0, 0.1) is 0 Å². The van der Waals surface area contributed by atoms with E-state index in [2.05, 4.69) is 30.2 Å². The maximum absolute atomic E-state index is 12.5. The number of hydrogen-bond donors (Lipinski definition) is 2. The van der Waals surface area contributed by atoms with E-state index in [0.717, 1.165) is 12.8 Å². The molecule has 3 rings (SSSR count). The zero-order valence-corrected chi connectivity index (χ0v) is 18.5. The number of anilines is 2. The molecule has 1 fully saturated rings. The van der Waals surface area contributed by atoms with E-state index in [9.17, 15) is 13.6 Å². The highest BCUT2D eigenvalue weighted by molar-refractivity contribution is 5.68. The molecule has 0 aromatic carbocycles. The number of nitrogens with zero attached hydrogens (tertiary/aromatic N) is 4. The highest BCUT2D eigenvalue weighted by atomic mass is 19.3. The predicted octanol–water partition coefficient (Wildman–Crippen LogP) is 4.10. The van der Waals surface area contributed by atoms with Gasteiger partial charge in [-0.2, -0.15) is 18.9 Å². The van der Waals surface area contributed by atoms with Gasteiger partial charge in [0.15, 0.2) is 11.6 Å². The second-order valence-electron chi connectivity index (χ2n) is 8.50. The van der Waals surface area contributed by atoms with E-state index in [-0.39, 0.29) is 29.9 Å². The molecule has 1 aliphatic heterocycles. The molecule has 0 radical (unpaired) electrons. The molecule has 1 saturated heterocycles. The molecule has 0 saturated carbocycles. The van der Waals surface area contributed by atoms with Crippen molar-refractivity contribution in [2.24, 2.45) is 0 Å². The van der Waals surface area contributed by atoms with Crippen LogP contribution in [0.15, 0.2) is 18.5 Å². The fourth-order valence-electron chi connectivity index (χ4n) is 3.33. The van der Waals surface area contributed by atoms with Gasteiger partial charge in [0, 0.05) is 25.1 Å². The number of ether oxygens (including phenoxy) is 3. The number of likely N-dealkylation sites (tertiary alicyclic amines) is 1. The van der Waals surface area contributed by atoms with Crippen LogP contribution in [0.25, 0.3) is 0 Å². The third-order valence-electron chi connectivity index (χ3n) is 4.62. The normalized spacial score (nSPS) is 19.4. The number of alkyl halides is 2. The van der Waals surface area contributed by atoms with Crippen molar-refractivity contribution in [3.63, 3.8) is 0 Å². The monoisotopic (exact) mass is 454 g/mol. The van der Waals surface area contributed by atoms with Gasteiger partial charge in [-0.15, -0.1) is 0 Å². The minimum atomic E-state index is -2.95. The highest BCUT2D eigenvalue weighted by Gasteiger charge is 2.30. The molecule has 1 aliphatic rings. The lowest BCUT2D eigenvalue weighted by atomic mass is 10.1. The average molecular weight is 454 g/mol. The van der Waals surface area contributed by atoms with Gasteiger partial charge in [0.2, 0.25) is 11.8 Å². The molecule has 176 valence electrons. The molecule has 10 nitrogen and oxygen atoms in total. The minimum absolute atomic E-state index is 0.0658. The number of hydrogen-bond acceptors (Lipinski definition) is 8. The zero-order chi connectivity index (χ0) is 23.3. The molecule has 1 amide bonds. The predicted molar refractivity (Wildman–Crippen MR) is 111 cm³/mol. The van der Waals surface area contributed by atoms with E-state index >= 15 is 0 Å². The van der Waals surface area contributed by atoms with E-state index in [1.807, 2.05) is 27.7 Å². The molecule has 3 heterocycles. The summed E-state index contributed by atoms with van der Waals surface area (Å²) in [4.78, 5) is 22.7. The first kappa shape index (κ1) is 23.5. The number of aromatic nitrogens is 4. The zero-order valence-electron chi connectivity index (χ0n) is 18.5. The fourth-order valence-corrected chi connectivity index (χ4v) is 3.33. The van der Waals surface area contributed by atoms with Crippen LogP contribution in [0.2, 0.25) is 0 Å². The second-order valence-corrected chi connectivity index (χ2v) is 8.50. The number of carbonyl (C=O) groups excluding carboxylic acids is 1. The standard InChI is InChI=1S/C20H28F2N6O4/c1-12-8-13(6-5-7-28(12)19(29)32-20(2,3)4)30-17-11-23-10-15(25-17)24-14-9-16(27-26-14)31-18(21)22/h9-13,18H,5-8H2,1-4H3,(H2,24,25,26,27)/t12-,13-/m0/s1. The Kier molecular flexibility index (Phi) is 7.31. The van der Waals surface area contributed by atoms with Crippen LogP contribution in [-0.2, 0) is 4.74 Å². The van der Waals surface area contributed by atoms with Crippen molar-refractivity contribution >= 4 is 17.7 Å². The summed E-state index contributed by atoms with van der Waals surface area (Å²) in [6, 6.07) is 1.21. The maximum Gasteiger partial charge on any atom is 0.410 e. The Labute approximate surface area is 184 Å². The van der Waals surface area contributed by atoms with Gasteiger partial charge < -0.3 is 24.4 Å². The Morgan fingerprint density at radius 1 is 1.31 bits per heavy atom. The molecule has 0 aliphatic carbocycles. The van der Waals surface area contributed by atoms with Crippen molar-refractivity contribution in [3.8, 4) is 11.8 Å². The summed E-state index contributed by atoms with van der Waals surface area (Å²) in [6.07, 6.45) is 4.59. The Hall–Kier alpha value is -3.18. The van der Waals surface area contributed by atoms with Crippen LogP contribution in [-0.4, -0.2) is 62.1 Å². The summed E-state index contributed by atoms with van der Waals surface area (Å²) >= 11 is 0. The number of halogens is 2. The van der Waals surface area contributed by atoms with Crippen LogP contribution in [0.3, 0.4) is 0 Å². The van der Waals surface area contributed by atoms with Crippen molar-refractivity contribution < 1.29 is 27.8 Å². The molecule has 2 atom stereocenters. The number of aromatic amines is 1. The summed E-state index contributed by atoms with van der Waals surface area (Å²) in [7, 11) is 0. The number of carbonyl (C=O) groups is 1. The SMILES string of the molecule is C[C@H]1C[C@@H](Oc2cncc(Nc3cc(OC(F)F)[nH]n3)n2)CCCN1C(=O)OC(C)(C)C. The van der Waals surface area contributed by atoms with Crippen molar-refractivity contribution in [1.82, 2.24) is 25.1 Å². The van der Waals surface area contributed by atoms with Crippen LogP contribution in [0.4, 0.5) is 25.2 Å². The Morgan fingerprint density at radius 3 is 2.81 bits per heavy atom. The summed E-state index contributed by atoms with van der Waals surface area (Å²) < 4.78 is 40.3. The number of rotatable bonds is 6. The molecule has 0 spiro atoms. The van der Waals surface area contributed by atoms with Gasteiger partial charge in [-0.25, -0.2) is 9.89 Å². The van der Waals surface area contributed by atoms with Crippen molar-refractivity contribution in [1.29, 1.82) is 0 Å². The topological polar surface area (TPSA) is 114 Å². The maximum atomic E-state index is 12.5. The fraction of sp³-hybridized carbons (Fsp3) is 0.600. The summed E-state index contributed by atoms with van der Waals surface area (Å²) in [6.45, 7) is 5.13. The van der Waals surface area contributed by atoms with E-state index in [4.69, 9.17) is 9.47 Å². The van der Waals surface area contributed by atoms with Gasteiger partial charge >= 0.3 is 12.7 Å². The van der Waals surface area contributed by atoms with E-state index in [0.29, 0.717) is 24.7 Å². The summed E-state index contributed by atoms with van der Waals surface area (Å²) in [5.41, 5.74) is -0.553. The molecule has 2 aromatic heterocycles. The Balaban J connectivity index is 1.59. The molecule has 2 N–H and O–H groups in total. The second kappa shape index (κ2) is 9.96. The molecule has 2 aromatic rings. The first-order valence-corrected chi connectivity index (χ1v) is 10.3. The Bertz CT molecular complexity index is 904. The number of amides is 1. The molecule has 32 heavy (non-hydrogen) atoms. The van der Waals surface area contributed by atoms with Gasteiger partial charge in [-0.1, -0.05) is 0 Å². The Morgan fingerprint density at radius 2 is 2.09 bits per heavy atom. The van der Waals surface area contributed by atoms with Gasteiger partial charge in [0.05, 0.1) is 12.4 Å². The highest BCUT2D eigenvalue weighted by Crippen LogP contribution is 2.24. The third kappa shape index (κ3) is 6.92. The van der Waals surface area contributed by atoms with Gasteiger partial charge in [-0.05, 0) is 40.5 Å². The minimum Gasteiger partial charge on any atom is -0.473 e. The van der Waals surface area contributed by atoms with Crippen molar-refractivity contribution in [3.05, 3.63) is 18.5 Å². The lowest BCUT2D eigenvalue weighted by Gasteiger charge is -2.30. The van der Waals surface area contributed by atoms with Crippen LogP contribution < -0.4 is 14.8 Å². The van der Waals surface area contributed by atoms with Crippen LogP contribution >= 0.6 is 0 Å². The number of nitrogens with one attached hydrogen (secondary N) is 2.